The van der Waals surface area contributed by atoms with E-state index >= 15 is 0 Å². The predicted octanol–water partition coefficient (Wildman–Crippen LogP) is 4.26. The third-order valence-corrected chi connectivity index (χ3v) is 3.71. The number of halogens is 3. The van der Waals surface area contributed by atoms with Gasteiger partial charge in [0.25, 0.3) is 0 Å². The molecule has 1 aliphatic carbocycles. The Balaban J connectivity index is 0.000000181. The van der Waals surface area contributed by atoms with Crippen LogP contribution in [0.4, 0.5) is 18.0 Å². The lowest BCUT2D eigenvalue weighted by Gasteiger charge is -2.08. The average Bonchev–Trinajstić information content (AvgIpc) is 3.02. The van der Waals surface area contributed by atoms with Crippen molar-refractivity contribution >= 4 is 11.9 Å². The number of fused-ring (bicyclic) bond motifs is 1. The molecule has 2 aromatic rings. The first-order chi connectivity index (χ1) is 11.8. The molecule has 1 amide bonds. The van der Waals surface area contributed by atoms with Gasteiger partial charge >= 0.3 is 12.3 Å². The van der Waals surface area contributed by atoms with Crippen molar-refractivity contribution in [3.05, 3.63) is 70.8 Å². The summed E-state index contributed by atoms with van der Waals surface area (Å²) < 4.78 is 36.8. The molecule has 132 valence electrons. The maximum Gasteiger partial charge on any atom is 0.433 e. The molecule has 0 spiro atoms. The van der Waals surface area contributed by atoms with Crippen molar-refractivity contribution in [3.8, 4) is 0 Å². The second-order valence-corrected chi connectivity index (χ2v) is 5.48. The van der Waals surface area contributed by atoms with Gasteiger partial charge in [0.2, 0.25) is 0 Å². The zero-order chi connectivity index (χ0) is 18.4. The van der Waals surface area contributed by atoms with Crippen LogP contribution in [0.1, 0.15) is 28.7 Å². The van der Waals surface area contributed by atoms with Gasteiger partial charge in [0.1, 0.15) is 5.84 Å². The highest BCUT2D eigenvalue weighted by Crippen LogP contribution is 2.32. The van der Waals surface area contributed by atoms with Gasteiger partial charge < -0.3 is 10.8 Å². The fraction of sp³-hybridized carbons (Fsp3) is 0.222. The zero-order valence-corrected chi connectivity index (χ0v) is 13.3. The molecule has 4 nitrogen and oxygen atoms in total. The molecule has 0 aliphatic heterocycles. The van der Waals surface area contributed by atoms with Crippen molar-refractivity contribution in [1.82, 2.24) is 0 Å². The first-order valence-electron chi connectivity index (χ1n) is 7.59. The van der Waals surface area contributed by atoms with Crippen LogP contribution in [0, 0.1) is 0 Å². The number of amides is 1. The molecular formula is C18H17F3N2O2. The number of amidine groups is 1. The van der Waals surface area contributed by atoms with E-state index in [2.05, 4.69) is 4.99 Å². The van der Waals surface area contributed by atoms with E-state index in [1.807, 2.05) is 6.07 Å². The fourth-order valence-electron chi connectivity index (χ4n) is 2.52. The SMILES string of the molecule is FC(F)(F)c1ccc2c(c1)CCC2.N/C(=N\C(=O)O)c1ccccc1. The van der Waals surface area contributed by atoms with Crippen LogP contribution in [0.15, 0.2) is 53.5 Å². The van der Waals surface area contributed by atoms with Crippen molar-refractivity contribution in [2.75, 3.05) is 0 Å². The second kappa shape index (κ2) is 7.83. The highest BCUT2D eigenvalue weighted by molar-refractivity contribution is 6.02. The molecular weight excluding hydrogens is 333 g/mol. The van der Waals surface area contributed by atoms with Crippen molar-refractivity contribution < 1.29 is 23.1 Å². The van der Waals surface area contributed by atoms with E-state index in [-0.39, 0.29) is 5.84 Å². The zero-order valence-electron chi connectivity index (χ0n) is 13.3. The summed E-state index contributed by atoms with van der Waals surface area (Å²) in [6, 6.07) is 12.8. The molecule has 0 unspecified atom stereocenters. The Morgan fingerprint density at radius 3 is 2.28 bits per heavy atom. The summed E-state index contributed by atoms with van der Waals surface area (Å²) in [6.45, 7) is 0. The van der Waals surface area contributed by atoms with Crippen LogP contribution in [0.5, 0.6) is 0 Å². The smallest absolute Gasteiger partial charge is 0.433 e. The molecule has 0 bridgehead atoms. The lowest BCUT2D eigenvalue weighted by Crippen LogP contribution is -2.14. The van der Waals surface area contributed by atoms with Crippen molar-refractivity contribution in [3.63, 3.8) is 0 Å². The lowest BCUT2D eigenvalue weighted by atomic mass is 10.1. The molecule has 0 aromatic heterocycles. The largest absolute Gasteiger partial charge is 0.463 e. The Kier molecular flexibility index (Phi) is 5.80. The minimum absolute atomic E-state index is 0.0168. The van der Waals surface area contributed by atoms with E-state index < -0.39 is 17.8 Å². The summed E-state index contributed by atoms with van der Waals surface area (Å²) in [5.74, 6) is 0.0168. The number of aliphatic imine (C=N–C) groups is 1. The Bertz CT molecular complexity index is 772. The van der Waals surface area contributed by atoms with Crippen molar-refractivity contribution in [1.29, 1.82) is 0 Å². The van der Waals surface area contributed by atoms with Crippen LogP contribution in [0.2, 0.25) is 0 Å². The Labute approximate surface area is 142 Å². The first kappa shape index (κ1) is 18.5. The van der Waals surface area contributed by atoms with E-state index in [1.54, 1.807) is 30.3 Å². The maximum atomic E-state index is 12.3. The van der Waals surface area contributed by atoms with Gasteiger partial charge in [-0.25, -0.2) is 4.79 Å². The molecule has 7 heteroatoms. The summed E-state index contributed by atoms with van der Waals surface area (Å²) in [7, 11) is 0. The molecule has 0 radical (unpaired) electrons. The number of carbonyl (C=O) groups is 1. The van der Waals surface area contributed by atoms with E-state index in [0.29, 0.717) is 5.56 Å². The van der Waals surface area contributed by atoms with Crippen LogP contribution >= 0.6 is 0 Å². The minimum Gasteiger partial charge on any atom is -0.463 e. The van der Waals surface area contributed by atoms with Crippen molar-refractivity contribution in [2.24, 2.45) is 10.7 Å². The number of alkyl halides is 3. The normalized spacial score (nSPS) is 13.6. The highest BCUT2D eigenvalue weighted by Gasteiger charge is 2.31. The molecule has 2 aromatic carbocycles. The highest BCUT2D eigenvalue weighted by atomic mass is 19.4. The number of nitrogens with two attached hydrogens (primary N) is 1. The van der Waals surface area contributed by atoms with Gasteiger partial charge in [-0.15, -0.1) is 0 Å². The summed E-state index contributed by atoms with van der Waals surface area (Å²) in [5.41, 5.74) is 7.40. The molecule has 0 saturated heterocycles. The van der Waals surface area contributed by atoms with Gasteiger partial charge in [-0.2, -0.15) is 18.2 Å². The van der Waals surface area contributed by atoms with E-state index in [4.69, 9.17) is 10.8 Å². The van der Waals surface area contributed by atoms with Gasteiger partial charge in [0, 0.05) is 5.56 Å². The monoisotopic (exact) mass is 350 g/mol. The minimum atomic E-state index is -4.20. The quantitative estimate of drug-likeness (QED) is 0.596. The van der Waals surface area contributed by atoms with Crippen LogP contribution in [0.25, 0.3) is 0 Å². The molecule has 0 atom stereocenters. The molecule has 0 saturated carbocycles. The van der Waals surface area contributed by atoms with Gasteiger partial charge in [0.15, 0.2) is 0 Å². The molecule has 3 rings (SSSR count). The summed E-state index contributed by atoms with van der Waals surface area (Å²) in [4.78, 5) is 13.3. The average molecular weight is 350 g/mol. The van der Waals surface area contributed by atoms with Crippen LogP contribution in [0.3, 0.4) is 0 Å². The summed E-state index contributed by atoms with van der Waals surface area (Å²) >= 11 is 0. The maximum absolute atomic E-state index is 12.3. The van der Waals surface area contributed by atoms with Crippen LogP contribution in [-0.2, 0) is 19.0 Å². The summed E-state index contributed by atoms with van der Waals surface area (Å²) in [5, 5.41) is 8.28. The first-order valence-corrected chi connectivity index (χ1v) is 7.59. The van der Waals surface area contributed by atoms with Gasteiger partial charge in [-0.3, -0.25) is 0 Å². The number of carboxylic acid groups (broad SMARTS) is 1. The number of nitrogens with zero attached hydrogens (tertiary/aromatic N) is 1. The number of hydrogen-bond acceptors (Lipinski definition) is 1. The van der Waals surface area contributed by atoms with Gasteiger partial charge in [0.05, 0.1) is 5.56 Å². The molecule has 1 aliphatic rings. The van der Waals surface area contributed by atoms with Crippen molar-refractivity contribution in [2.45, 2.75) is 25.4 Å². The number of hydrogen-bond donors (Lipinski definition) is 2. The van der Waals surface area contributed by atoms with Crippen LogP contribution < -0.4 is 5.73 Å². The van der Waals surface area contributed by atoms with E-state index in [9.17, 15) is 18.0 Å². The lowest BCUT2D eigenvalue weighted by molar-refractivity contribution is -0.137. The van der Waals surface area contributed by atoms with Crippen LogP contribution in [-0.4, -0.2) is 17.0 Å². The third kappa shape index (κ3) is 5.34. The summed E-state index contributed by atoms with van der Waals surface area (Å²) in [6.07, 6.45) is -2.78. The van der Waals surface area contributed by atoms with E-state index in [1.165, 1.54) is 12.1 Å². The molecule has 25 heavy (non-hydrogen) atoms. The molecule has 3 N–H and O–H groups in total. The second-order valence-electron chi connectivity index (χ2n) is 5.48. The third-order valence-electron chi connectivity index (χ3n) is 3.71. The number of rotatable bonds is 1. The number of aryl methyl sites for hydroxylation is 2. The standard InChI is InChI=1S/C10H9F3.C8H8N2O2/c11-10(12,13)9-5-4-7-2-1-3-8(7)6-9;9-7(10-8(11)12)6-4-2-1-3-5-6/h4-6H,1-3H2;1-5H,(H2,9,10)(H,11,12). The van der Waals surface area contributed by atoms with E-state index in [0.717, 1.165) is 30.4 Å². The fourth-order valence-corrected chi connectivity index (χ4v) is 2.52. The predicted molar refractivity (Wildman–Crippen MR) is 88.7 cm³/mol. The van der Waals surface area contributed by atoms with Gasteiger partial charge in [-0.05, 0) is 42.5 Å². The Morgan fingerprint density at radius 2 is 1.68 bits per heavy atom. The molecule has 0 heterocycles. The Morgan fingerprint density at radius 1 is 1.04 bits per heavy atom. The van der Waals surface area contributed by atoms with Gasteiger partial charge in [-0.1, -0.05) is 36.4 Å². The molecule has 0 fully saturated rings. The Hall–Kier alpha value is -2.83. The topological polar surface area (TPSA) is 75.7 Å². The number of benzene rings is 2.